The van der Waals surface area contributed by atoms with Crippen molar-refractivity contribution in [3.05, 3.63) is 108 Å². The van der Waals surface area contributed by atoms with Crippen molar-refractivity contribution >= 4 is 34.8 Å². The number of rotatable bonds is 8. The number of benzene rings is 4. The number of methoxy groups -OCH3 is 1. The fraction of sp³-hybridized carbons (Fsp3) is 0.226. The van der Waals surface area contributed by atoms with E-state index in [1.807, 2.05) is 57.2 Å². The number of ether oxygens (including phenoxy) is 3. The van der Waals surface area contributed by atoms with Crippen LogP contribution in [0.5, 0.6) is 17.2 Å². The molecule has 5 rings (SSSR count). The molecule has 0 bridgehead atoms. The zero-order valence-corrected chi connectivity index (χ0v) is 23.7. The second-order valence-corrected chi connectivity index (χ2v) is 14.2. The van der Waals surface area contributed by atoms with E-state index in [2.05, 4.69) is 65.4 Å². The average molecular weight is 546 g/mol. The van der Waals surface area contributed by atoms with Gasteiger partial charge in [0.25, 0.3) is 0 Å². The molecule has 5 nitrogen and oxygen atoms in total. The SMILES string of the molecule is COc1ccc(C(NS(=O)C(C)(C)C)c2cc3c(cc2P(c2ccccc2)c2ccccc2)OCO3)cc1. The molecular weight excluding hydrogens is 513 g/mol. The number of nitrogens with one attached hydrogen (secondary N) is 1. The van der Waals surface area contributed by atoms with Crippen LogP contribution in [-0.4, -0.2) is 22.9 Å². The Kier molecular flexibility index (Phi) is 7.85. The van der Waals surface area contributed by atoms with E-state index in [1.165, 1.54) is 10.6 Å². The quantitative estimate of drug-likeness (QED) is 0.305. The zero-order valence-electron chi connectivity index (χ0n) is 22.0. The minimum Gasteiger partial charge on any atom is -0.497 e. The van der Waals surface area contributed by atoms with Gasteiger partial charge in [0.15, 0.2) is 11.5 Å². The van der Waals surface area contributed by atoms with E-state index in [-0.39, 0.29) is 12.8 Å². The van der Waals surface area contributed by atoms with Gasteiger partial charge in [0, 0.05) is 0 Å². The van der Waals surface area contributed by atoms with Crippen molar-refractivity contribution in [2.24, 2.45) is 0 Å². The molecule has 0 aliphatic carbocycles. The largest absolute Gasteiger partial charge is 0.497 e. The molecule has 7 heteroatoms. The van der Waals surface area contributed by atoms with Crippen molar-refractivity contribution in [2.75, 3.05) is 13.9 Å². The van der Waals surface area contributed by atoms with Crippen LogP contribution >= 0.6 is 7.92 Å². The summed E-state index contributed by atoms with van der Waals surface area (Å²) >= 11 is 0. The lowest BCUT2D eigenvalue weighted by molar-refractivity contribution is 0.174. The van der Waals surface area contributed by atoms with E-state index in [1.54, 1.807) is 7.11 Å². The predicted molar refractivity (Wildman–Crippen MR) is 157 cm³/mol. The summed E-state index contributed by atoms with van der Waals surface area (Å²) in [7, 11) is -0.633. The normalized spacial score (nSPS) is 14.3. The van der Waals surface area contributed by atoms with Crippen LogP contribution < -0.4 is 34.8 Å². The van der Waals surface area contributed by atoms with Crippen LogP contribution in [0.1, 0.15) is 37.9 Å². The molecule has 0 saturated heterocycles. The van der Waals surface area contributed by atoms with Gasteiger partial charge in [0.2, 0.25) is 6.79 Å². The van der Waals surface area contributed by atoms with Gasteiger partial charge in [-0.2, -0.15) is 0 Å². The van der Waals surface area contributed by atoms with Gasteiger partial charge in [-0.25, -0.2) is 8.93 Å². The Morgan fingerprint density at radius 1 is 0.842 bits per heavy atom. The van der Waals surface area contributed by atoms with E-state index >= 15 is 0 Å². The summed E-state index contributed by atoms with van der Waals surface area (Å²) in [6.45, 7) is 6.11. The minimum absolute atomic E-state index is 0.182. The van der Waals surface area contributed by atoms with E-state index < -0.39 is 23.7 Å². The summed E-state index contributed by atoms with van der Waals surface area (Å²) < 4.78 is 33.6. The molecule has 0 amide bonds. The highest BCUT2D eigenvalue weighted by molar-refractivity contribution is 7.84. The Morgan fingerprint density at radius 3 is 1.92 bits per heavy atom. The Hall–Kier alpha value is -3.18. The lowest BCUT2D eigenvalue weighted by atomic mass is 9.99. The van der Waals surface area contributed by atoms with Crippen molar-refractivity contribution in [2.45, 2.75) is 31.6 Å². The lowest BCUT2D eigenvalue weighted by Crippen LogP contribution is -2.38. The predicted octanol–water partition coefficient (Wildman–Crippen LogP) is 5.32. The van der Waals surface area contributed by atoms with Crippen LogP contribution in [-0.2, 0) is 11.0 Å². The van der Waals surface area contributed by atoms with Gasteiger partial charge < -0.3 is 14.2 Å². The molecule has 38 heavy (non-hydrogen) atoms. The average Bonchev–Trinajstić information content (AvgIpc) is 3.40. The molecule has 0 spiro atoms. The van der Waals surface area contributed by atoms with Gasteiger partial charge in [0.1, 0.15) is 5.75 Å². The summed E-state index contributed by atoms with van der Waals surface area (Å²) in [6, 6.07) is 32.8. The van der Waals surface area contributed by atoms with Crippen molar-refractivity contribution < 1.29 is 18.4 Å². The highest BCUT2D eigenvalue weighted by Crippen LogP contribution is 2.43. The summed E-state index contributed by atoms with van der Waals surface area (Å²) in [4.78, 5) is 0. The third kappa shape index (κ3) is 5.63. The maximum absolute atomic E-state index is 13.5. The van der Waals surface area contributed by atoms with Gasteiger partial charge in [-0.1, -0.05) is 72.8 Å². The molecular formula is C31H32NO4PS. The van der Waals surface area contributed by atoms with E-state index in [0.717, 1.165) is 27.9 Å². The van der Waals surface area contributed by atoms with Crippen LogP contribution in [0.4, 0.5) is 0 Å². The molecule has 4 aromatic carbocycles. The molecule has 0 fully saturated rings. The van der Waals surface area contributed by atoms with E-state index in [9.17, 15) is 4.21 Å². The third-order valence-corrected chi connectivity index (χ3v) is 10.4. The van der Waals surface area contributed by atoms with Crippen LogP contribution in [0.2, 0.25) is 0 Å². The van der Waals surface area contributed by atoms with Crippen molar-refractivity contribution in [3.8, 4) is 17.2 Å². The summed E-state index contributed by atoms with van der Waals surface area (Å²) in [6.07, 6.45) is 0. The van der Waals surface area contributed by atoms with Gasteiger partial charge >= 0.3 is 0 Å². The maximum Gasteiger partial charge on any atom is 0.231 e. The molecule has 0 saturated carbocycles. The third-order valence-electron chi connectivity index (χ3n) is 6.33. The molecule has 2 unspecified atom stereocenters. The van der Waals surface area contributed by atoms with Crippen molar-refractivity contribution in [1.82, 2.24) is 4.72 Å². The molecule has 196 valence electrons. The monoisotopic (exact) mass is 545 g/mol. The molecule has 1 heterocycles. The summed E-state index contributed by atoms with van der Waals surface area (Å²) in [5.74, 6) is 2.20. The van der Waals surface area contributed by atoms with Gasteiger partial charge in [-0.15, -0.1) is 0 Å². The molecule has 0 radical (unpaired) electrons. The Morgan fingerprint density at radius 2 is 1.39 bits per heavy atom. The topological polar surface area (TPSA) is 56.8 Å². The fourth-order valence-electron chi connectivity index (χ4n) is 4.34. The van der Waals surface area contributed by atoms with Crippen LogP contribution in [0.15, 0.2) is 97.1 Å². The molecule has 1 N–H and O–H groups in total. The first-order valence-electron chi connectivity index (χ1n) is 12.5. The van der Waals surface area contributed by atoms with Gasteiger partial charge in [0.05, 0.1) is 28.9 Å². The first kappa shape index (κ1) is 26.4. The minimum atomic E-state index is -1.33. The summed E-state index contributed by atoms with van der Waals surface area (Å²) in [5.41, 5.74) is 2.00. The molecule has 2 atom stereocenters. The van der Waals surface area contributed by atoms with Crippen molar-refractivity contribution in [3.63, 3.8) is 0 Å². The fourth-order valence-corrected chi connectivity index (χ4v) is 7.67. The van der Waals surface area contributed by atoms with Crippen LogP contribution in [0.25, 0.3) is 0 Å². The number of fused-ring (bicyclic) bond motifs is 1. The Balaban J connectivity index is 1.74. The lowest BCUT2D eigenvalue weighted by Gasteiger charge is -2.29. The highest BCUT2D eigenvalue weighted by Gasteiger charge is 2.31. The maximum atomic E-state index is 13.5. The summed E-state index contributed by atoms with van der Waals surface area (Å²) in [5, 5.41) is 3.57. The number of hydrogen-bond donors (Lipinski definition) is 1. The second kappa shape index (κ2) is 11.3. The standard InChI is InChI=1S/C31H32NO4PS/c1-31(2,3)38(33)32-30(22-15-17-23(34-4)18-16-22)26-19-27-28(36-21-35-27)20-29(26)37(24-11-7-5-8-12-24)25-13-9-6-10-14-25/h5-20,30,32H,21H2,1-4H3. The van der Waals surface area contributed by atoms with Crippen LogP contribution in [0.3, 0.4) is 0 Å². The van der Waals surface area contributed by atoms with Gasteiger partial charge in [-0.3, -0.25) is 0 Å². The number of hydrogen-bond acceptors (Lipinski definition) is 4. The first-order valence-corrected chi connectivity index (χ1v) is 15.0. The highest BCUT2D eigenvalue weighted by atomic mass is 32.2. The van der Waals surface area contributed by atoms with Crippen molar-refractivity contribution in [1.29, 1.82) is 0 Å². The zero-order chi connectivity index (χ0) is 26.7. The smallest absolute Gasteiger partial charge is 0.231 e. The van der Waals surface area contributed by atoms with E-state index in [4.69, 9.17) is 14.2 Å². The van der Waals surface area contributed by atoms with E-state index in [0.29, 0.717) is 5.75 Å². The Bertz CT molecular complexity index is 1370. The van der Waals surface area contributed by atoms with Gasteiger partial charge in [-0.05, 0) is 80.0 Å². The molecule has 1 aliphatic rings. The molecule has 1 aliphatic heterocycles. The first-order chi connectivity index (χ1) is 18.3. The molecule has 4 aromatic rings. The molecule has 0 aromatic heterocycles. The van der Waals surface area contributed by atoms with Crippen LogP contribution in [0, 0.1) is 0 Å². The Labute approximate surface area is 228 Å². The second-order valence-electron chi connectivity index (χ2n) is 9.98.